The molecule has 0 aromatic heterocycles. The SMILES string of the molecule is CCCCNCCC[SiH2]O[SiH2]O[SiH3].CCCCNCCC[Si](OCC)(OCC)OCC. The van der Waals surface area contributed by atoms with E-state index in [-0.39, 0.29) is 9.76 Å². The highest BCUT2D eigenvalue weighted by Gasteiger charge is 2.39. The van der Waals surface area contributed by atoms with Crippen LogP contribution in [0.25, 0.3) is 0 Å². The Morgan fingerprint density at radius 2 is 1.19 bits per heavy atom. The lowest BCUT2D eigenvalue weighted by Crippen LogP contribution is -2.46. The Balaban J connectivity index is 0. The summed E-state index contributed by atoms with van der Waals surface area (Å²) in [5, 5.41) is 6.87. The van der Waals surface area contributed by atoms with E-state index in [2.05, 4.69) is 24.5 Å². The van der Waals surface area contributed by atoms with Gasteiger partial charge in [0.25, 0.3) is 10.0 Å². The van der Waals surface area contributed by atoms with Crippen molar-refractivity contribution in [1.29, 1.82) is 0 Å². The Morgan fingerprint density at radius 1 is 0.710 bits per heavy atom. The molecule has 0 rings (SSSR count). The van der Waals surface area contributed by atoms with Crippen molar-refractivity contribution in [1.82, 2.24) is 10.6 Å². The molecule has 0 bridgehead atoms. The number of hydrogen-bond donors (Lipinski definition) is 2. The van der Waals surface area contributed by atoms with Crippen molar-refractivity contribution in [3.8, 4) is 0 Å². The van der Waals surface area contributed by atoms with E-state index in [0.29, 0.717) is 19.8 Å². The smallest absolute Gasteiger partial charge is 0.449 e. The largest absolute Gasteiger partial charge is 0.500 e. The summed E-state index contributed by atoms with van der Waals surface area (Å²) in [6.07, 6.45) is 7.40. The predicted octanol–water partition coefficient (Wildman–Crippen LogP) is 1.40. The minimum Gasteiger partial charge on any atom is -0.449 e. The van der Waals surface area contributed by atoms with Crippen LogP contribution in [0.1, 0.15) is 73.1 Å². The van der Waals surface area contributed by atoms with Gasteiger partial charge in [-0.3, -0.25) is 0 Å². The first kappa shape index (κ1) is 33.8. The molecular formula is C20H54N2O5Si4. The fourth-order valence-electron chi connectivity index (χ4n) is 2.88. The zero-order valence-corrected chi connectivity index (χ0v) is 27.4. The molecule has 11 heteroatoms. The van der Waals surface area contributed by atoms with Gasteiger partial charge in [-0.1, -0.05) is 26.7 Å². The van der Waals surface area contributed by atoms with Crippen LogP contribution in [-0.4, -0.2) is 85.1 Å². The molecule has 0 saturated heterocycles. The Hall–Kier alpha value is 0.588. The first-order valence-electron chi connectivity index (χ1n) is 12.6. The Labute approximate surface area is 202 Å². The van der Waals surface area contributed by atoms with Crippen molar-refractivity contribution in [2.45, 2.75) is 85.2 Å². The van der Waals surface area contributed by atoms with Gasteiger partial charge in [0.1, 0.15) is 20.2 Å². The highest BCUT2D eigenvalue weighted by Crippen LogP contribution is 2.17. The summed E-state index contributed by atoms with van der Waals surface area (Å²) in [4.78, 5) is 0. The van der Waals surface area contributed by atoms with Gasteiger partial charge in [-0.2, -0.15) is 0 Å². The Bertz CT molecular complexity index is 311. The second-order valence-corrected chi connectivity index (χ2v) is 15.3. The summed E-state index contributed by atoms with van der Waals surface area (Å²) in [7, 11) is -2.29. The van der Waals surface area contributed by atoms with Crippen LogP contribution in [0, 0.1) is 0 Å². The molecule has 0 amide bonds. The van der Waals surface area contributed by atoms with Crippen LogP contribution in [0.15, 0.2) is 0 Å². The average molecular weight is 515 g/mol. The van der Waals surface area contributed by atoms with E-state index in [1.807, 2.05) is 20.8 Å². The van der Waals surface area contributed by atoms with Gasteiger partial charge in [0.15, 0.2) is 0 Å². The molecule has 7 nitrogen and oxygen atoms in total. The van der Waals surface area contributed by atoms with Crippen LogP contribution >= 0.6 is 0 Å². The highest BCUT2D eigenvalue weighted by molar-refractivity contribution is 6.60. The second kappa shape index (κ2) is 28.6. The number of unbranched alkanes of at least 4 members (excludes halogenated alkanes) is 2. The first-order valence-corrected chi connectivity index (χ1v) is 18.0. The lowest BCUT2D eigenvalue weighted by Gasteiger charge is -2.28. The standard InChI is InChI=1S/C13H31NO3Si.C7H23NO2Si3/c1-5-9-11-14-12-10-13-18(15-6-2,16-7-3)17-8-4;1-2-3-5-8-6-4-7-12-10-13-9-11/h14H,5-13H2,1-4H3;8H,2-7,12-13H2,1,11H3. The molecule has 0 unspecified atom stereocenters. The average Bonchev–Trinajstić information content (AvgIpc) is 2.76. The summed E-state index contributed by atoms with van der Waals surface area (Å²) in [6.45, 7) is 16.9. The number of nitrogens with one attached hydrogen (secondary N) is 2. The Kier molecular flexibility index (Phi) is 31.2. The molecule has 0 aliphatic carbocycles. The third-order valence-electron chi connectivity index (χ3n) is 4.44. The lowest BCUT2D eigenvalue weighted by atomic mass is 10.3. The third kappa shape index (κ3) is 25.1. The molecule has 0 heterocycles. The molecule has 0 fully saturated rings. The lowest BCUT2D eigenvalue weighted by molar-refractivity contribution is 0.0708. The fraction of sp³-hybridized carbons (Fsp3) is 1.00. The van der Waals surface area contributed by atoms with Gasteiger partial charge in [-0.15, -0.1) is 0 Å². The van der Waals surface area contributed by atoms with Crippen molar-refractivity contribution in [2.24, 2.45) is 0 Å². The normalized spacial score (nSPS) is 12.3. The molecule has 0 saturated carbocycles. The van der Waals surface area contributed by atoms with E-state index in [1.54, 1.807) is 0 Å². The predicted molar refractivity (Wildman–Crippen MR) is 144 cm³/mol. The van der Waals surface area contributed by atoms with E-state index < -0.39 is 18.8 Å². The highest BCUT2D eigenvalue weighted by atomic mass is 28.4. The van der Waals surface area contributed by atoms with Crippen molar-refractivity contribution in [3.05, 3.63) is 0 Å². The van der Waals surface area contributed by atoms with E-state index in [0.717, 1.165) is 36.0 Å². The van der Waals surface area contributed by atoms with Crippen molar-refractivity contribution in [2.75, 3.05) is 46.0 Å². The molecule has 31 heavy (non-hydrogen) atoms. The molecular weight excluding hydrogens is 461 g/mol. The summed E-state index contributed by atoms with van der Waals surface area (Å²) in [5.74, 6) is 0. The summed E-state index contributed by atoms with van der Waals surface area (Å²) >= 11 is 0. The second-order valence-electron chi connectivity index (χ2n) is 7.31. The van der Waals surface area contributed by atoms with Gasteiger partial charge in [0.05, 0.1) is 0 Å². The summed E-state index contributed by atoms with van der Waals surface area (Å²) < 4.78 is 28.0. The van der Waals surface area contributed by atoms with Crippen LogP contribution in [-0.2, 0) is 21.5 Å². The van der Waals surface area contributed by atoms with Crippen molar-refractivity contribution < 1.29 is 21.5 Å². The summed E-state index contributed by atoms with van der Waals surface area (Å²) in [5.41, 5.74) is 0. The van der Waals surface area contributed by atoms with Gasteiger partial charge in [0.2, 0.25) is 0 Å². The maximum absolute atomic E-state index is 5.80. The topological polar surface area (TPSA) is 70.2 Å². The molecule has 0 aliphatic rings. The molecule has 2 N–H and O–H groups in total. The minimum absolute atomic E-state index is 0.220. The zero-order chi connectivity index (χ0) is 23.5. The van der Waals surface area contributed by atoms with Crippen LogP contribution in [0.2, 0.25) is 12.1 Å². The van der Waals surface area contributed by atoms with Gasteiger partial charge in [-0.05, 0) is 78.7 Å². The summed E-state index contributed by atoms with van der Waals surface area (Å²) in [6, 6.07) is 2.21. The van der Waals surface area contributed by atoms with E-state index in [9.17, 15) is 0 Å². The molecule has 0 aromatic rings. The molecule has 0 spiro atoms. The van der Waals surface area contributed by atoms with Crippen molar-refractivity contribution in [3.63, 3.8) is 0 Å². The van der Waals surface area contributed by atoms with Crippen LogP contribution < -0.4 is 10.6 Å². The van der Waals surface area contributed by atoms with Gasteiger partial charge >= 0.3 is 8.80 Å². The van der Waals surface area contributed by atoms with Gasteiger partial charge in [-0.25, -0.2) is 0 Å². The zero-order valence-electron chi connectivity index (χ0n) is 21.6. The molecule has 0 radical (unpaired) electrons. The monoisotopic (exact) mass is 514 g/mol. The van der Waals surface area contributed by atoms with E-state index >= 15 is 0 Å². The fourth-order valence-corrected chi connectivity index (χ4v) is 9.40. The van der Waals surface area contributed by atoms with Crippen LogP contribution in [0.5, 0.6) is 0 Å². The van der Waals surface area contributed by atoms with E-state index in [1.165, 1.54) is 51.2 Å². The maximum atomic E-state index is 5.80. The molecule has 0 aromatic carbocycles. The molecule has 0 atom stereocenters. The molecule has 190 valence electrons. The Morgan fingerprint density at radius 3 is 1.65 bits per heavy atom. The third-order valence-corrected chi connectivity index (χ3v) is 11.1. The van der Waals surface area contributed by atoms with Crippen molar-refractivity contribution >= 4 is 39.1 Å². The number of hydrogen-bond acceptors (Lipinski definition) is 7. The maximum Gasteiger partial charge on any atom is 0.500 e. The quantitative estimate of drug-likeness (QED) is 0.158. The first-order chi connectivity index (χ1) is 15.2. The molecule has 0 aliphatic heterocycles. The number of rotatable bonds is 23. The van der Waals surface area contributed by atoms with Gasteiger partial charge in [0, 0.05) is 25.9 Å². The minimum atomic E-state index is -2.40. The van der Waals surface area contributed by atoms with Gasteiger partial charge < -0.3 is 32.1 Å². The van der Waals surface area contributed by atoms with Crippen LogP contribution in [0.4, 0.5) is 0 Å². The van der Waals surface area contributed by atoms with E-state index in [4.69, 9.17) is 21.5 Å². The van der Waals surface area contributed by atoms with Crippen LogP contribution in [0.3, 0.4) is 0 Å².